The van der Waals surface area contributed by atoms with Gasteiger partial charge in [-0.05, 0) is 38.1 Å². The number of anilines is 1. The largest absolute Gasteiger partial charge is 0.486 e. The number of thiazole rings is 1. The molecule has 0 aliphatic carbocycles. The minimum absolute atomic E-state index is 0.191. The molecule has 2 aromatic carbocycles. The first-order valence-electron chi connectivity index (χ1n) is 7.62. The van der Waals surface area contributed by atoms with Crippen LogP contribution in [0.3, 0.4) is 0 Å². The highest BCUT2D eigenvalue weighted by atomic mass is 32.1. The minimum Gasteiger partial charge on any atom is -0.486 e. The van der Waals surface area contributed by atoms with E-state index in [4.69, 9.17) is 4.74 Å². The number of aryl methyl sites for hydroxylation is 2. The molecular weight excluding hydrogens is 320 g/mol. The summed E-state index contributed by atoms with van der Waals surface area (Å²) in [7, 11) is 0. The predicted octanol–water partition coefficient (Wildman–Crippen LogP) is 4.59. The van der Waals surface area contributed by atoms with Crippen LogP contribution < -0.4 is 10.1 Å². The number of nitrogens with one attached hydrogen (secondary N) is 1. The Labute approximate surface area is 145 Å². The van der Waals surface area contributed by atoms with Crippen molar-refractivity contribution in [1.82, 2.24) is 4.98 Å². The number of aromatic nitrogens is 1. The maximum atomic E-state index is 12.5. The molecule has 1 N–H and O–H groups in total. The van der Waals surface area contributed by atoms with Crippen LogP contribution >= 0.6 is 11.3 Å². The van der Waals surface area contributed by atoms with Crippen LogP contribution in [0.15, 0.2) is 53.9 Å². The Morgan fingerprint density at radius 3 is 2.58 bits per heavy atom. The van der Waals surface area contributed by atoms with Crippen molar-refractivity contribution in [2.45, 2.75) is 20.5 Å². The number of hydrogen-bond acceptors (Lipinski definition) is 4. The zero-order valence-electron chi connectivity index (χ0n) is 13.6. The second-order valence-corrected chi connectivity index (χ2v) is 6.53. The lowest BCUT2D eigenvalue weighted by Crippen LogP contribution is -2.13. The molecule has 122 valence electrons. The van der Waals surface area contributed by atoms with Crippen LogP contribution in [-0.2, 0) is 6.61 Å². The number of carbonyl (C=O) groups is 1. The van der Waals surface area contributed by atoms with Crippen molar-refractivity contribution in [2.75, 3.05) is 5.32 Å². The number of benzene rings is 2. The molecule has 0 unspecified atom stereocenters. The molecule has 0 fully saturated rings. The lowest BCUT2D eigenvalue weighted by molar-refractivity contribution is 0.102. The van der Waals surface area contributed by atoms with Gasteiger partial charge in [0.25, 0.3) is 5.91 Å². The summed E-state index contributed by atoms with van der Waals surface area (Å²) >= 11 is 1.58. The van der Waals surface area contributed by atoms with Crippen LogP contribution in [0.25, 0.3) is 0 Å². The summed E-state index contributed by atoms with van der Waals surface area (Å²) in [5, 5.41) is 5.86. The van der Waals surface area contributed by atoms with Gasteiger partial charge in [0.2, 0.25) is 0 Å². The summed E-state index contributed by atoms with van der Waals surface area (Å²) in [6, 6.07) is 14.9. The van der Waals surface area contributed by atoms with E-state index in [-0.39, 0.29) is 5.91 Å². The van der Waals surface area contributed by atoms with Gasteiger partial charge < -0.3 is 10.1 Å². The van der Waals surface area contributed by atoms with Gasteiger partial charge in [-0.1, -0.05) is 29.8 Å². The van der Waals surface area contributed by atoms with Gasteiger partial charge in [-0.15, -0.1) is 11.3 Å². The van der Waals surface area contributed by atoms with Crippen LogP contribution in [0, 0.1) is 13.8 Å². The van der Waals surface area contributed by atoms with Gasteiger partial charge in [0.15, 0.2) is 0 Å². The molecule has 3 aromatic rings. The fourth-order valence-corrected chi connectivity index (χ4v) is 2.84. The molecular formula is C19H18N2O2S. The van der Waals surface area contributed by atoms with E-state index in [0.717, 1.165) is 22.0 Å². The van der Waals surface area contributed by atoms with Crippen LogP contribution in [0.2, 0.25) is 0 Å². The smallest absolute Gasteiger partial charge is 0.259 e. The SMILES string of the molecule is Cc1ccc(NC(=O)c2ccccc2OCc2csc(C)n2)cc1. The number of ether oxygens (including phenoxy) is 1. The Bertz CT molecular complexity index is 841. The van der Waals surface area contributed by atoms with E-state index in [1.54, 1.807) is 23.5 Å². The molecule has 5 heteroatoms. The van der Waals surface area contributed by atoms with Crippen LogP contribution in [0.1, 0.15) is 26.6 Å². The number of amides is 1. The highest BCUT2D eigenvalue weighted by molar-refractivity contribution is 7.09. The number of hydrogen-bond donors (Lipinski definition) is 1. The van der Waals surface area contributed by atoms with Crippen LogP contribution in [-0.4, -0.2) is 10.9 Å². The third-order valence-corrected chi connectivity index (χ3v) is 4.31. The van der Waals surface area contributed by atoms with Gasteiger partial charge in [-0.3, -0.25) is 4.79 Å². The van der Waals surface area contributed by atoms with E-state index >= 15 is 0 Å². The molecule has 3 rings (SSSR count). The first-order valence-corrected chi connectivity index (χ1v) is 8.50. The Morgan fingerprint density at radius 1 is 1.12 bits per heavy atom. The standard InChI is InChI=1S/C19H18N2O2S/c1-13-7-9-15(10-8-13)21-19(22)17-5-3-4-6-18(17)23-11-16-12-24-14(2)20-16/h3-10,12H,11H2,1-2H3,(H,21,22). The number of nitrogens with zero attached hydrogens (tertiary/aromatic N) is 1. The molecule has 0 radical (unpaired) electrons. The zero-order valence-corrected chi connectivity index (χ0v) is 14.4. The molecule has 1 heterocycles. The van der Waals surface area contributed by atoms with E-state index in [0.29, 0.717) is 17.9 Å². The lowest BCUT2D eigenvalue weighted by atomic mass is 10.1. The summed E-state index contributed by atoms with van der Waals surface area (Å²) in [6.07, 6.45) is 0. The lowest BCUT2D eigenvalue weighted by Gasteiger charge is -2.11. The Hall–Kier alpha value is -2.66. The Kier molecular flexibility index (Phi) is 4.91. The van der Waals surface area contributed by atoms with Gasteiger partial charge in [0.1, 0.15) is 12.4 Å². The highest BCUT2D eigenvalue weighted by Gasteiger charge is 2.13. The monoisotopic (exact) mass is 338 g/mol. The quantitative estimate of drug-likeness (QED) is 0.740. The number of para-hydroxylation sites is 1. The third-order valence-electron chi connectivity index (χ3n) is 3.48. The van der Waals surface area contributed by atoms with Crippen molar-refractivity contribution in [1.29, 1.82) is 0 Å². The zero-order chi connectivity index (χ0) is 16.9. The van der Waals surface area contributed by atoms with Crippen molar-refractivity contribution in [2.24, 2.45) is 0 Å². The molecule has 4 nitrogen and oxygen atoms in total. The van der Waals surface area contributed by atoms with Crippen molar-refractivity contribution < 1.29 is 9.53 Å². The van der Waals surface area contributed by atoms with Gasteiger partial charge in [-0.2, -0.15) is 0 Å². The average molecular weight is 338 g/mol. The van der Waals surface area contributed by atoms with Crippen molar-refractivity contribution in [3.05, 3.63) is 75.7 Å². The van der Waals surface area contributed by atoms with Gasteiger partial charge in [0.05, 0.1) is 16.3 Å². The molecule has 0 atom stereocenters. The van der Waals surface area contributed by atoms with Gasteiger partial charge in [0, 0.05) is 11.1 Å². The minimum atomic E-state index is -0.191. The average Bonchev–Trinajstić information content (AvgIpc) is 3.01. The van der Waals surface area contributed by atoms with E-state index in [2.05, 4.69) is 10.3 Å². The van der Waals surface area contributed by atoms with Crippen LogP contribution in [0.5, 0.6) is 5.75 Å². The molecule has 1 aromatic heterocycles. The van der Waals surface area contributed by atoms with Crippen molar-refractivity contribution in [3.8, 4) is 5.75 Å². The summed E-state index contributed by atoms with van der Waals surface area (Å²) in [4.78, 5) is 16.9. The molecule has 0 aliphatic rings. The fraction of sp³-hybridized carbons (Fsp3) is 0.158. The Balaban J connectivity index is 1.72. The summed E-state index contributed by atoms with van der Waals surface area (Å²) in [6.45, 7) is 4.31. The summed E-state index contributed by atoms with van der Waals surface area (Å²) in [5.41, 5.74) is 3.28. The molecule has 1 amide bonds. The topological polar surface area (TPSA) is 51.2 Å². The molecule has 0 aliphatic heterocycles. The van der Waals surface area contributed by atoms with E-state index in [1.807, 2.05) is 55.6 Å². The Morgan fingerprint density at radius 2 is 1.88 bits per heavy atom. The summed E-state index contributed by atoms with van der Waals surface area (Å²) < 4.78 is 5.80. The maximum Gasteiger partial charge on any atom is 0.259 e. The predicted molar refractivity (Wildman–Crippen MR) is 96.8 cm³/mol. The fourth-order valence-electron chi connectivity index (χ4n) is 2.24. The molecule has 0 bridgehead atoms. The van der Waals surface area contributed by atoms with Crippen LogP contribution in [0.4, 0.5) is 5.69 Å². The second kappa shape index (κ2) is 7.27. The number of carbonyl (C=O) groups excluding carboxylic acids is 1. The summed E-state index contributed by atoms with van der Waals surface area (Å²) in [5.74, 6) is 0.358. The first-order chi connectivity index (χ1) is 11.6. The van der Waals surface area contributed by atoms with Crippen molar-refractivity contribution in [3.63, 3.8) is 0 Å². The number of rotatable bonds is 5. The molecule has 24 heavy (non-hydrogen) atoms. The van der Waals surface area contributed by atoms with E-state index in [9.17, 15) is 4.79 Å². The molecule has 0 saturated heterocycles. The van der Waals surface area contributed by atoms with E-state index in [1.165, 1.54) is 0 Å². The van der Waals surface area contributed by atoms with Gasteiger partial charge in [-0.25, -0.2) is 4.98 Å². The van der Waals surface area contributed by atoms with Gasteiger partial charge >= 0.3 is 0 Å². The van der Waals surface area contributed by atoms with E-state index < -0.39 is 0 Å². The van der Waals surface area contributed by atoms with Crippen molar-refractivity contribution >= 4 is 22.9 Å². The maximum absolute atomic E-state index is 12.5. The normalized spacial score (nSPS) is 10.4. The molecule has 0 saturated carbocycles. The highest BCUT2D eigenvalue weighted by Crippen LogP contribution is 2.21. The molecule has 0 spiro atoms. The second-order valence-electron chi connectivity index (χ2n) is 5.46. The third kappa shape index (κ3) is 4.00. The first kappa shape index (κ1) is 16.2.